The van der Waals surface area contributed by atoms with Crippen LogP contribution in [0.3, 0.4) is 0 Å². The second-order valence-corrected chi connectivity index (χ2v) is 4.79. The van der Waals surface area contributed by atoms with Gasteiger partial charge >= 0.3 is 0 Å². The molecule has 0 bridgehead atoms. The Bertz CT molecular complexity index is 376. The highest BCUT2D eigenvalue weighted by Gasteiger charge is 2.20. The first-order valence-electron chi connectivity index (χ1n) is 5.91. The molecule has 1 N–H and O–H groups in total. The number of piperidine rings is 1. The molecule has 0 aliphatic carbocycles. The molecular formula is C13H18ClNO2. The van der Waals surface area contributed by atoms with E-state index < -0.39 is 0 Å². The largest absolute Gasteiger partial charge is 0.392 e. The van der Waals surface area contributed by atoms with Crippen LogP contribution in [0.5, 0.6) is 0 Å². The summed E-state index contributed by atoms with van der Waals surface area (Å²) in [6, 6.07) is 5.64. The number of aliphatic hydroxyl groups is 1. The van der Waals surface area contributed by atoms with Crippen LogP contribution in [0.4, 0.5) is 5.69 Å². The maximum absolute atomic E-state index is 9.34. The average Bonchev–Trinajstić information content (AvgIpc) is 2.39. The molecule has 1 fully saturated rings. The van der Waals surface area contributed by atoms with Crippen molar-refractivity contribution in [3.8, 4) is 0 Å². The topological polar surface area (TPSA) is 32.7 Å². The van der Waals surface area contributed by atoms with Gasteiger partial charge in [-0.3, -0.25) is 0 Å². The smallest absolute Gasteiger partial charge is 0.0702 e. The van der Waals surface area contributed by atoms with Crippen LogP contribution in [0.15, 0.2) is 18.2 Å². The molecule has 0 amide bonds. The van der Waals surface area contributed by atoms with E-state index in [2.05, 4.69) is 4.90 Å². The Morgan fingerprint density at radius 3 is 2.71 bits per heavy atom. The lowest BCUT2D eigenvalue weighted by atomic mass is 10.1. The molecule has 0 atom stereocenters. The zero-order valence-corrected chi connectivity index (χ0v) is 10.8. The Labute approximate surface area is 107 Å². The van der Waals surface area contributed by atoms with E-state index in [1.165, 1.54) is 0 Å². The van der Waals surface area contributed by atoms with Crippen molar-refractivity contribution in [3.05, 3.63) is 28.8 Å². The summed E-state index contributed by atoms with van der Waals surface area (Å²) in [6.07, 6.45) is 2.41. The van der Waals surface area contributed by atoms with E-state index in [4.69, 9.17) is 16.3 Å². The minimum absolute atomic E-state index is 0.0523. The molecule has 0 spiro atoms. The fraction of sp³-hybridized carbons (Fsp3) is 0.538. The van der Waals surface area contributed by atoms with Gasteiger partial charge in [-0.25, -0.2) is 0 Å². The summed E-state index contributed by atoms with van der Waals surface area (Å²) in [4.78, 5) is 2.27. The monoisotopic (exact) mass is 255 g/mol. The summed E-state index contributed by atoms with van der Waals surface area (Å²) in [5.74, 6) is 0. The highest BCUT2D eigenvalue weighted by atomic mass is 35.5. The van der Waals surface area contributed by atoms with Crippen molar-refractivity contribution < 1.29 is 9.84 Å². The number of ether oxygens (including phenoxy) is 1. The number of hydrogen-bond donors (Lipinski definition) is 1. The van der Waals surface area contributed by atoms with Crippen LogP contribution in [-0.2, 0) is 11.3 Å². The molecule has 0 aromatic heterocycles. The standard InChI is InChI=1S/C13H18ClNO2/c1-17-12-4-6-15(7-5-12)13-8-11(14)3-2-10(13)9-16/h2-3,8,12,16H,4-7,9H2,1H3. The van der Waals surface area contributed by atoms with Gasteiger partial charge in [-0.15, -0.1) is 0 Å². The van der Waals surface area contributed by atoms with Crippen molar-refractivity contribution in [2.75, 3.05) is 25.1 Å². The lowest BCUT2D eigenvalue weighted by molar-refractivity contribution is 0.0818. The quantitative estimate of drug-likeness (QED) is 0.901. The maximum Gasteiger partial charge on any atom is 0.0702 e. The minimum Gasteiger partial charge on any atom is -0.392 e. The van der Waals surface area contributed by atoms with Gasteiger partial charge in [-0.05, 0) is 25.0 Å². The van der Waals surface area contributed by atoms with Crippen molar-refractivity contribution >= 4 is 17.3 Å². The normalized spacial score (nSPS) is 17.5. The molecule has 0 radical (unpaired) electrons. The van der Waals surface area contributed by atoms with Crippen molar-refractivity contribution in [3.63, 3.8) is 0 Å². The number of halogens is 1. The van der Waals surface area contributed by atoms with Crippen LogP contribution in [0.25, 0.3) is 0 Å². The van der Waals surface area contributed by atoms with E-state index >= 15 is 0 Å². The van der Waals surface area contributed by atoms with Crippen LogP contribution in [0, 0.1) is 0 Å². The molecule has 1 saturated heterocycles. The Morgan fingerprint density at radius 1 is 1.41 bits per heavy atom. The summed E-state index contributed by atoms with van der Waals surface area (Å²) in [5, 5.41) is 10.1. The molecule has 3 nitrogen and oxygen atoms in total. The highest BCUT2D eigenvalue weighted by Crippen LogP contribution is 2.28. The third-order valence-corrected chi connectivity index (χ3v) is 3.57. The molecule has 1 aliphatic rings. The summed E-state index contributed by atoms with van der Waals surface area (Å²) >= 11 is 6.02. The van der Waals surface area contributed by atoms with Gasteiger partial charge in [-0.2, -0.15) is 0 Å². The summed E-state index contributed by atoms with van der Waals surface area (Å²) in [6.45, 7) is 1.95. The molecule has 1 aromatic rings. The van der Waals surface area contributed by atoms with Gasteiger partial charge in [-0.1, -0.05) is 17.7 Å². The van der Waals surface area contributed by atoms with E-state index in [0.717, 1.165) is 37.2 Å². The fourth-order valence-corrected chi connectivity index (χ4v) is 2.46. The van der Waals surface area contributed by atoms with Crippen LogP contribution in [-0.4, -0.2) is 31.4 Å². The molecule has 1 heterocycles. The van der Waals surface area contributed by atoms with E-state index in [1.807, 2.05) is 18.2 Å². The fourth-order valence-electron chi connectivity index (χ4n) is 2.30. The highest BCUT2D eigenvalue weighted by molar-refractivity contribution is 6.30. The predicted molar refractivity (Wildman–Crippen MR) is 69.6 cm³/mol. The Hall–Kier alpha value is -0.770. The van der Waals surface area contributed by atoms with E-state index in [0.29, 0.717) is 11.1 Å². The first-order valence-corrected chi connectivity index (χ1v) is 6.29. The maximum atomic E-state index is 9.34. The number of nitrogens with zero attached hydrogens (tertiary/aromatic N) is 1. The second-order valence-electron chi connectivity index (χ2n) is 4.35. The average molecular weight is 256 g/mol. The number of benzene rings is 1. The molecule has 0 unspecified atom stereocenters. The molecule has 94 valence electrons. The van der Waals surface area contributed by atoms with E-state index in [9.17, 15) is 5.11 Å². The number of hydrogen-bond acceptors (Lipinski definition) is 3. The Kier molecular flexibility index (Phi) is 4.26. The number of aliphatic hydroxyl groups excluding tert-OH is 1. The van der Waals surface area contributed by atoms with Crippen molar-refractivity contribution in [2.45, 2.75) is 25.6 Å². The van der Waals surface area contributed by atoms with Crippen molar-refractivity contribution in [1.29, 1.82) is 0 Å². The van der Waals surface area contributed by atoms with Crippen LogP contribution < -0.4 is 4.90 Å². The first kappa shape index (κ1) is 12.7. The van der Waals surface area contributed by atoms with Gasteiger partial charge in [0.1, 0.15) is 0 Å². The second kappa shape index (κ2) is 5.71. The summed E-state index contributed by atoms with van der Waals surface area (Å²) in [7, 11) is 1.76. The SMILES string of the molecule is COC1CCN(c2cc(Cl)ccc2CO)CC1. The van der Waals surface area contributed by atoms with Gasteiger partial charge in [0.15, 0.2) is 0 Å². The Morgan fingerprint density at radius 2 is 2.12 bits per heavy atom. The molecule has 1 aromatic carbocycles. The number of methoxy groups -OCH3 is 1. The van der Waals surface area contributed by atoms with Gasteiger partial charge in [0.25, 0.3) is 0 Å². The van der Waals surface area contributed by atoms with E-state index in [-0.39, 0.29) is 6.61 Å². The number of anilines is 1. The van der Waals surface area contributed by atoms with Crippen LogP contribution >= 0.6 is 11.6 Å². The van der Waals surface area contributed by atoms with Gasteiger partial charge in [0, 0.05) is 36.5 Å². The molecule has 0 saturated carbocycles. The van der Waals surface area contributed by atoms with Gasteiger partial charge in [0.2, 0.25) is 0 Å². The molecular weight excluding hydrogens is 238 g/mol. The van der Waals surface area contributed by atoms with Gasteiger partial charge in [0.05, 0.1) is 12.7 Å². The molecule has 4 heteroatoms. The third kappa shape index (κ3) is 2.92. The third-order valence-electron chi connectivity index (χ3n) is 3.33. The predicted octanol–water partition coefficient (Wildman–Crippen LogP) is 2.45. The van der Waals surface area contributed by atoms with E-state index in [1.54, 1.807) is 7.11 Å². The van der Waals surface area contributed by atoms with Crippen LogP contribution in [0.2, 0.25) is 5.02 Å². The zero-order chi connectivity index (χ0) is 12.3. The molecule has 2 rings (SSSR count). The minimum atomic E-state index is 0.0523. The Balaban J connectivity index is 2.14. The summed E-state index contributed by atoms with van der Waals surface area (Å²) < 4.78 is 5.35. The summed E-state index contributed by atoms with van der Waals surface area (Å²) in [5.41, 5.74) is 1.99. The lowest BCUT2D eigenvalue weighted by Gasteiger charge is -2.34. The van der Waals surface area contributed by atoms with Gasteiger partial charge < -0.3 is 14.7 Å². The van der Waals surface area contributed by atoms with Crippen LogP contribution in [0.1, 0.15) is 18.4 Å². The van der Waals surface area contributed by atoms with Crippen molar-refractivity contribution in [1.82, 2.24) is 0 Å². The number of rotatable bonds is 3. The lowest BCUT2D eigenvalue weighted by Crippen LogP contribution is -2.37. The molecule has 17 heavy (non-hydrogen) atoms. The first-order chi connectivity index (χ1) is 8.24. The van der Waals surface area contributed by atoms with Crippen molar-refractivity contribution in [2.24, 2.45) is 0 Å². The zero-order valence-electron chi connectivity index (χ0n) is 10.0. The molecule has 1 aliphatic heterocycles.